The minimum absolute atomic E-state index is 0.261. The lowest BCUT2D eigenvalue weighted by Gasteiger charge is -2.15. The Balaban J connectivity index is 2.28. The van der Waals surface area contributed by atoms with Gasteiger partial charge in [0, 0.05) is 5.75 Å². The van der Waals surface area contributed by atoms with Crippen LogP contribution in [0.5, 0.6) is 5.75 Å². The number of aryl methyl sites for hydroxylation is 1. The highest BCUT2D eigenvalue weighted by Gasteiger charge is 2.20. The maximum Gasteiger partial charge on any atom is 0.328 e. The Morgan fingerprint density at radius 1 is 1.38 bits per heavy atom. The fraction of sp³-hybridized carbons (Fsp3) is 0.375. The first kappa shape index (κ1) is 18.0. The number of aliphatic carboxylic acids is 1. The Morgan fingerprint density at radius 3 is 2.58 bits per heavy atom. The van der Waals surface area contributed by atoms with E-state index in [4.69, 9.17) is 4.74 Å². The fourth-order valence-electron chi connectivity index (χ4n) is 1.97. The number of carboxylic acids is 1. The molecule has 1 atom stereocenters. The number of benzene rings is 1. The largest absolute Gasteiger partial charge is 0.497 e. The SMILES string of the molecule is CCc1nn(C(C)C(=O)O)c(SCc2ccc(OC)cc2)nc1=O. The van der Waals surface area contributed by atoms with Crippen LogP contribution < -0.4 is 10.3 Å². The van der Waals surface area contributed by atoms with E-state index in [2.05, 4.69) is 10.1 Å². The van der Waals surface area contributed by atoms with Crippen molar-refractivity contribution >= 4 is 17.7 Å². The minimum Gasteiger partial charge on any atom is -0.497 e. The Kier molecular flexibility index (Phi) is 5.97. The highest BCUT2D eigenvalue weighted by molar-refractivity contribution is 7.98. The van der Waals surface area contributed by atoms with Gasteiger partial charge in [0.15, 0.2) is 5.16 Å². The molecule has 1 N–H and O–H groups in total. The Bertz CT molecular complexity index is 774. The molecule has 0 radical (unpaired) electrons. The summed E-state index contributed by atoms with van der Waals surface area (Å²) in [5.74, 6) is 0.268. The van der Waals surface area contributed by atoms with Gasteiger partial charge >= 0.3 is 5.97 Å². The number of carboxylic acid groups (broad SMARTS) is 1. The van der Waals surface area contributed by atoms with Crippen LogP contribution in [0.2, 0.25) is 0 Å². The quantitative estimate of drug-likeness (QED) is 0.765. The predicted octanol–water partition coefficient (Wildman–Crippen LogP) is 2.15. The summed E-state index contributed by atoms with van der Waals surface area (Å²) in [6.07, 6.45) is 0.404. The van der Waals surface area contributed by atoms with Crippen molar-refractivity contribution < 1.29 is 14.6 Å². The van der Waals surface area contributed by atoms with E-state index in [0.717, 1.165) is 11.3 Å². The van der Waals surface area contributed by atoms with Crippen LogP contribution in [0.25, 0.3) is 0 Å². The lowest BCUT2D eigenvalue weighted by molar-refractivity contribution is -0.140. The number of methoxy groups -OCH3 is 1. The van der Waals surface area contributed by atoms with Crippen LogP contribution in [-0.2, 0) is 17.0 Å². The third-order valence-electron chi connectivity index (χ3n) is 3.45. The van der Waals surface area contributed by atoms with Crippen molar-refractivity contribution in [1.29, 1.82) is 0 Å². The molecule has 24 heavy (non-hydrogen) atoms. The summed E-state index contributed by atoms with van der Waals surface area (Å²) in [7, 11) is 1.60. The third kappa shape index (κ3) is 4.14. The predicted molar refractivity (Wildman–Crippen MR) is 90.6 cm³/mol. The summed E-state index contributed by atoms with van der Waals surface area (Å²) >= 11 is 1.28. The van der Waals surface area contributed by atoms with E-state index in [1.165, 1.54) is 23.4 Å². The van der Waals surface area contributed by atoms with Crippen molar-refractivity contribution in [3.8, 4) is 5.75 Å². The van der Waals surface area contributed by atoms with Gasteiger partial charge in [-0.2, -0.15) is 10.1 Å². The van der Waals surface area contributed by atoms with E-state index in [-0.39, 0.29) is 5.69 Å². The van der Waals surface area contributed by atoms with E-state index in [1.54, 1.807) is 14.0 Å². The summed E-state index contributed by atoms with van der Waals surface area (Å²) in [5.41, 5.74) is 0.851. The van der Waals surface area contributed by atoms with Crippen LogP contribution in [0.15, 0.2) is 34.2 Å². The zero-order valence-corrected chi connectivity index (χ0v) is 14.5. The Labute approximate surface area is 143 Å². The van der Waals surface area contributed by atoms with Crippen molar-refractivity contribution in [3.05, 3.63) is 45.9 Å². The van der Waals surface area contributed by atoms with Gasteiger partial charge in [0.05, 0.1) is 7.11 Å². The zero-order chi connectivity index (χ0) is 17.7. The van der Waals surface area contributed by atoms with Gasteiger partial charge in [-0.05, 0) is 31.0 Å². The molecule has 0 aliphatic rings. The number of thioether (sulfide) groups is 1. The molecule has 0 aliphatic carbocycles. The second-order valence-electron chi connectivity index (χ2n) is 5.10. The first-order valence-corrected chi connectivity index (χ1v) is 8.43. The van der Waals surface area contributed by atoms with Crippen LogP contribution in [0.3, 0.4) is 0 Å². The highest BCUT2D eigenvalue weighted by Crippen LogP contribution is 2.23. The first-order valence-electron chi connectivity index (χ1n) is 7.44. The molecule has 1 aromatic heterocycles. The molecule has 0 fully saturated rings. The zero-order valence-electron chi connectivity index (χ0n) is 13.7. The molecule has 0 amide bonds. The maximum atomic E-state index is 11.9. The van der Waals surface area contributed by atoms with Gasteiger partial charge in [0.25, 0.3) is 5.56 Å². The van der Waals surface area contributed by atoms with Crippen LogP contribution in [0, 0.1) is 0 Å². The van der Waals surface area contributed by atoms with Crippen molar-refractivity contribution in [2.75, 3.05) is 7.11 Å². The molecule has 2 aromatic rings. The number of ether oxygens (including phenoxy) is 1. The molecule has 0 saturated heterocycles. The van der Waals surface area contributed by atoms with Crippen molar-refractivity contribution in [1.82, 2.24) is 14.8 Å². The third-order valence-corrected chi connectivity index (χ3v) is 4.47. The Morgan fingerprint density at radius 2 is 2.04 bits per heavy atom. The number of nitrogens with zero attached hydrogens (tertiary/aromatic N) is 3. The van der Waals surface area contributed by atoms with Crippen LogP contribution >= 0.6 is 11.8 Å². The first-order chi connectivity index (χ1) is 11.5. The van der Waals surface area contributed by atoms with E-state index < -0.39 is 17.6 Å². The van der Waals surface area contributed by atoms with Crippen molar-refractivity contribution in [2.45, 2.75) is 37.2 Å². The fourth-order valence-corrected chi connectivity index (χ4v) is 2.93. The molecule has 0 aliphatic heterocycles. The second-order valence-corrected chi connectivity index (χ2v) is 6.04. The van der Waals surface area contributed by atoms with Crippen molar-refractivity contribution in [2.24, 2.45) is 0 Å². The topological polar surface area (TPSA) is 94.3 Å². The average molecular weight is 349 g/mol. The average Bonchev–Trinajstić information content (AvgIpc) is 2.59. The van der Waals surface area contributed by atoms with E-state index in [9.17, 15) is 14.7 Å². The standard InChI is InChI=1S/C16H19N3O4S/c1-4-13-14(20)17-16(19(18-13)10(2)15(21)22)24-9-11-5-7-12(23-3)8-6-11/h5-8,10H,4,9H2,1-3H3,(H,21,22). The van der Waals surface area contributed by atoms with E-state index in [0.29, 0.717) is 17.3 Å². The molecule has 1 unspecified atom stereocenters. The monoisotopic (exact) mass is 349 g/mol. The molecule has 1 heterocycles. The van der Waals surface area contributed by atoms with Crippen LogP contribution in [-0.4, -0.2) is 33.0 Å². The molecule has 7 nitrogen and oxygen atoms in total. The van der Waals surface area contributed by atoms with E-state index in [1.807, 2.05) is 24.3 Å². The highest BCUT2D eigenvalue weighted by atomic mass is 32.2. The summed E-state index contributed by atoms with van der Waals surface area (Å²) in [6, 6.07) is 6.59. The molecule has 8 heteroatoms. The molecule has 128 valence electrons. The van der Waals surface area contributed by atoms with Crippen molar-refractivity contribution in [3.63, 3.8) is 0 Å². The van der Waals surface area contributed by atoms with E-state index >= 15 is 0 Å². The molecule has 2 rings (SSSR count). The normalized spacial score (nSPS) is 12.0. The van der Waals surface area contributed by atoms with Gasteiger partial charge in [-0.1, -0.05) is 30.8 Å². The Hall–Kier alpha value is -2.35. The summed E-state index contributed by atoms with van der Waals surface area (Å²) in [5, 5.41) is 13.7. The number of hydrogen-bond donors (Lipinski definition) is 1. The summed E-state index contributed by atoms with van der Waals surface area (Å²) < 4.78 is 6.41. The molecule has 0 spiro atoms. The van der Waals surface area contributed by atoms with Crippen LogP contribution in [0.4, 0.5) is 0 Å². The lowest BCUT2D eigenvalue weighted by atomic mass is 10.2. The molecular formula is C16H19N3O4S. The molecule has 1 aromatic carbocycles. The molecule has 0 bridgehead atoms. The molecular weight excluding hydrogens is 330 g/mol. The van der Waals surface area contributed by atoms with Gasteiger partial charge in [-0.25, -0.2) is 9.48 Å². The molecule has 0 saturated carbocycles. The van der Waals surface area contributed by atoms with Gasteiger partial charge < -0.3 is 9.84 Å². The van der Waals surface area contributed by atoms with Gasteiger partial charge in [-0.3, -0.25) is 4.79 Å². The number of rotatable bonds is 7. The summed E-state index contributed by atoms with van der Waals surface area (Å²) in [6.45, 7) is 3.30. The minimum atomic E-state index is -1.03. The number of hydrogen-bond acceptors (Lipinski definition) is 6. The maximum absolute atomic E-state index is 11.9. The van der Waals surface area contributed by atoms with Crippen LogP contribution in [0.1, 0.15) is 31.1 Å². The lowest BCUT2D eigenvalue weighted by Crippen LogP contribution is -2.28. The van der Waals surface area contributed by atoms with Gasteiger partial charge in [0.1, 0.15) is 17.5 Å². The second kappa shape index (κ2) is 7.96. The smallest absolute Gasteiger partial charge is 0.328 e. The van der Waals surface area contributed by atoms with Gasteiger partial charge in [0.2, 0.25) is 0 Å². The summed E-state index contributed by atoms with van der Waals surface area (Å²) in [4.78, 5) is 27.3. The van der Waals surface area contributed by atoms with Gasteiger partial charge in [-0.15, -0.1) is 0 Å². The number of carbonyl (C=O) groups is 1. The number of aromatic nitrogens is 3.